The standard InChI is InChI=1S/C28H22ClF2N5O2/c1-38-25-7-6-22-26(36-25)18(15-34-22)13-24(37)35-23(12-16-10-20(30)14-21(31)11-16)28-27(32-8-9-33-28)17-2-4-19(29)5-3-17/h2-11,14-15,23,34H,12-13H2,1H3,(H,35,37). The summed E-state index contributed by atoms with van der Waals surface area (Å²) in [4.78, 5) is 29.9. The van der Waals surface area contributed by atoms with Gasteiger partial charge in [-0.25, -0.2) is 13.8 Å². The molecule has 0 fully saturated rings. The Labute approximate surface area is 221 Å². The summed E-state index contributed by atoms with van der Waals surface area (Å²) in [7, 11) is 1.52. The Morgan fingerprint density at radius 2 is 1.79 bits per heavy atom. The second kappa shape index (κ2) is 10.9. The maximum Gasteiger partial charge on any atom is 0.225 e. The van der Waals surface area contributed by atoms with E-state index in [1.165, 1.54) is 25.4 Å². The van der Waals surface area contributed by atoms with Crippen LogP contribution in [0.4, 0.5) is 8.78 Å². The van der Waals surface area contributed by atoms with Gasteiger partial charge in [0.25, 0.3) is 0 Å². The first-order valence-corrected chi connectivity index (χ1v) is 12.1. The van der Waals surface area contributed by atoms with Crippen molar-refractivity contribution in [3.63, 3.8) is 0 Å². The number of amides is 1. The van der Waals surface area contributed by atoms with E-state index in [-0.39, 0.29) is 18.7 Å². The molecule has 1 amide bonds. The fourth-order valence-corrected chi connectivity index (χ4v) is 4.44. The lowest BCUT2D eigenvalue weighted by Gasteiger charge is -2.21. The van der Waals surface area contributed by atoms with Gasteiger partial charge in [-0.3, -0.25) is 14.8 Å². The zero-order valence-corrected chi connectivity index (χ0v) is 21.0. The van der Waals surface area contributed by atoms with E-state index in [0.717, 1.165) is 17.1 Å². The van der Waals surface area contributed by atoms with E-state index >= 15 is 0 Å². The molecule has 0 aliphatic rings. The highest BCUT2D eigenvalue weighted by molar-refractivity contribution is 6.30. The minimum Gasteiger partial charge on any atom is -0.481 e. The minimum absolute atomic E-state index is 0.00468. The molecular weight excluding hydrogens is 512 g/mol. The Bertz CT molecular complexity index is 1590. The molecule has 7 nitrogen and oxygen atoms in total. The topological polar surface area (TPSA) is 92.8 Å². The van der Waals surface area contributed by atoms with Gasteiger partial charge in [0.15, 0.2) is 0 Å². The first-order valence-electron chi connectivity index (χ1n) is 11.7. The van der Waals surface area contributed by atoms with Crippen molar-refractivity contribution in [3.05, 3.63) is 107 Å². The third kappa shape index (κ3) is 5.63. The van der Waals surface area contributed by atoms with E-state index in [2.05, 4.69) is 25.3 Å². The SMILES string of the molecule is COc1ccc2[nH]cc(CC(=O)NC(Cc3cc(F)cc(F)c3)c3nccnc3-c3ccc(Cl)cc3)c2n1. The average molecular weight is 534 g/mol. The Kier molecular flexibility index (Phi) is 7.28. The van der Waals surface area contributed by atoms with Crippen molar-refractivity contribution in [2.75, 3.05) is 7.11 Å². The predicted octanol–water partition coefficient (Wildman–Crippen LogP) is 5.60. The quantitative estimate of drug-likeness (QED) is 0.271. The van der Waals surface area contributed by atoms with Gasteiger partial charge >= 0.3 is 0 Å². The summed E-state index contributed by atoms with van der Waals surface area (Å²) in [5, 5.41) is 3.55. The lowest BCUT2D eigenvalue weighted by atomic mass is 9.98. The van der Waals surface area contributed by atoms with Gasteiger partial charge in [-0.2, -0.15) is 0 Å². The fraction of sp³-hybridized carbons (Fsp3) is 0.143. The number of nitrogens with zero attached hydrogens (tertiary/aromatic N) is 3. The number of rotatable bonds is 8. The predicted molar refractivity (Wildman–Crippen MR) is 140 cm³/mol. The van der Waals surface area contributed by atoms with Crippen LogP contribution in [-0.4, -0.2) is 33.0 Å². The van der Waals surface area contributed by atoms with Crippen molar-refractivity contribution in [3.8, 4) is 17.1 Å². The maximum absolute atomic E-state index is 14.0. The number of carbonyl (C=O) groups is 1. The van der Waals surface area contributed by atoms with E-state index in [4.69, 9.17) is 16.3 Å². The van der Waals surface area contributed by atoms with Crippen molar-refractivity contribution in [1.29, 1.82) is 0 Å². The molecule has 0 saturated heterocycles. The Balaban J connectivity index is 1.49. The van der Waals surface area contributed by atoms with Crippen molar-refractivity contribution >= 4 is 28.5 Å². The molecule has 3 heterocycles. The van der Waals surface area contributed by atoms with Crippen molar-refractivity contribution in [1.82, 2.24) is 25.3 Å². The highest BCUT2D eigenvalue weighted by Gasteiger charge is 2.23. The summed E-state index contributed by atoms with van der Waals surface area (Å²) < 4.78 is 33.2. The number of hydrogen-bond donors (Lipinski definition) is 2. The number of H-pyrrole nitrogens is 1. The van der Waals surface area contributed by atoms with Gasteiger partial charge in [-0.1, -0.05) is 23.7 Å². The number of aromatic amines is 1. The van der Waals surface area contributed by atoms with E-state index in [1.54, 1.807) is 42.7 Å². The monoisotopic (exact) mass is 533 g/mol. The molecule has 0 saturated carbocycles. The molecule has 2 aromatic carbocycles. The number of pyridine rings is 1. The molecule has 0 bridgehead atoms. The van der Waals surface area contributed by atoms with Crippen molar-refractivity contribution in [2.45, 2.75) is 18.9 Å². The number of nitrogens with one attached hydrogen (secondary N) is 2. The summed E-state index contributed by atoms with van der Waals surface area (Å²) in [5.41, 5.74) is 4.11. The number of methoxy groups -OCH3 is 1. The number of hydrogen-bond acceptors (Lipinski definition) is 5. The zero-order chi connectivity index (χ0) is 26.6. The lowest BCUT2D eigenvalue weighted by molar-refractivity contribution is -0.121. The van der Waals surface area contributed by atoms with Gasteiger partial charge in [0.05, 0.1) is 42.0 Å². The molecule has 5 rings (SSSR count). The molecule has 2 N–H and O–H groups in total. The summed E-state index contributed by atoms with van der Waals surface area (Å²) in [6.07, 6.45) is 4.86. The fourth-order valence-electron chi connectivity index (χ4n) is 4.32. The summed E-state index contributed by atoms with van der Waals surface area (Å²) in [6, 6.07) is 13.1. The first kappa shape index (κ1) is 25.3. The Hall–Kier alpha value is -4.37. The van der Waals surface area contributed by atoms with E-state index in [9.17, 15) is 13.6 Å². The molecule has 38 heavy (non-hydrogen) atoms. The molecule has 0 spiro atoms. The van der Waals surface area contributed by atoms with Gasteiger partial charge in [0, 0.05) is 46.9 Å². The second-order valence-corrected chi connectivity index (χ2v) is 9.08. The van der Waals surface area contributed by atoms with Crippen LogP contribution in [0.1, 0.15) is 22.9 Å². The molecule has 1 unspecified atom stereocenters. The largest absolute Gasteiger partial charge is 0.481 e. The lowest BCUT2D eigenvalue weighted by Crippen LogP contribution is -2.32. The van der Waals surface area contributed by atoms with Crippen LogP contribution in [0.15, 0.2) is 73.2 Å². The zero-order valence-electron chi connectivity index (χ0n) is 20.2. The molecular formula is C28H22ClF2N5O2. The van der Waals surface area contributed by atoms with Crippen LogP contribution >= 0.6 is 11.6 Å². The molecule has 5 aromatic rings. The third-order valence-electron chi connectivity index (χ3n) is 6.01. The maximum atomic E-state index is 14.0. The van der Waals surface area contributed by atoms with Gasteiger partial charge < -0.3 is 15.0 Å². The molecule has 10 heteroatoms. The van der Waals surface area contributed by atoms with Crippen LogP contribution in [0.3, 0.4) is 0 Å². The minimum atomic E-state index is -0.740. The van der Waals surface area contributed by atoms with Crippen LogP contribution in [-0.2, 0) is 17.6 Å². The van der Waals surface area contributed by atoms with Crippen LogP contribution < -0.4 is 10.1 Å². The molecule has 3 aromatic heterocycles. The summed E-state index contributed by atoms with van der Waals surface area (Å²) in [5.74, 6) is -1.32. The highest BCUT2D eigenvalue weighted by Crippen LogP contribution is 2.29. The first-order chi connectivity index (χ1) is 18.4. The smallest absolute Gasteiger partial charge is 0.225 e. The van der Waals surface area contributed by atoms with Gasteiger partial charge in [-0.05, 0) is 42.3 Å². The van der Waals surface area contributed by atoms with Crippen LogP contribution in [0.5, 0.6) is 5.88 Å². The van der Waals surface area contributed by atoms with Crippen LogP contribution in [0.2, 0.25) is 5.02 Å². The number of carbonyl (C=O) groups excluding carboxylic acids is 1. The number of aromatic nitrogens is 4. The highest BCUT2D eigenvalue weighted by atomic mass is 35.5. The second-order valence-electron chi connectivity index (χ2n) is 8.64. The normalized spacial score (nSPS) is 11.9. The molecule has 192 valence electrons. The third-order valence-corrected chi connectivity index (χ3v) is 6.26. The summed E-state index contributed by atoms with van der Waals surface area (Å²) in [6.45, 7) is 0. The molecule has 1 atom stereocenters. The molecule has 0 radical (unpaired) electrons. The van der Waals surface area contributed by atoms with Crippen LogP contribution in [0, 0.1) is 11.6 Å². The number of halogens is 3. The van der Waals surface area contributed by atoms with Gasteiger partial charge in [-0.15, -0.1) is 0 Å². The van der Waals surface area contributed by atoms with Crippen molar-refractivity contribution < 1.29 is 18.3 Å². The number of ether oxygens (including phenoxy) is 1. The van der Waals surface area contributed by atoms with Crippen LogP contribution in [0.25, 0.3) is 22.3 Å². The molecule has 0 aliphatic carbocycles. The molecule has 0 aliphatic heterocycles. The number of fused-ring (bicyclic) bond motifs is 1. The Morgan fingerprint density at radius 3 is 2.53 bits per heavy atom. The van der Waals surface area contributed by atoms with E-state index < -0.39 is 17.7 Å². The Morgan fingerprint density at radius 1 is 1.05 bits per heavy atom. The summed E-state index contributed by atoms with van der Waals surface area (Å²) >= 11 is 6.06. The number of benzene rings is 2. The average Bonchev–Trinajstić information content (AvgIpc) is 3.29. The van der Waals surface area contributed by atoms with E-state index in [0.29, 0.717) is 38.9 Å². The van der Waals surface area contributed by atoms with Crippen molar-refractivity contribution in [2.24, 2.45) is 0 Å². The van der Waals surface area contributed by atoms with E-state index in [1.807, 2.05) is 6.07 Å². The van der Waals surface area contributed by atoms with Gasteiger partial charge in [0.1, 0.15) is 11.6 Å². The van der Waals surface area contributed by atoms with Gasteiger partial charge in [0.2, 0.25) is 11.8 Å².